The molecule has 0 aromatic heterocycles. The van der Waals surface area contributed by atoms with Gasteiger partial charge in [-0.2, -0.15) is 0 Å². The minimum Gasteiger partial charge on any atom is -0.327 e. The van der Waals surface area contributed by atoms with Gasteiger partial charge >= 0.3 is 0 Å². The molecule has 4 N–H and O–H groups in total. The maximum atomic E-state index is 12.5. The molecular weight excluding hydrogens is 410 g/mol. The average molecular weight is 425 g/mol. The Bertz CT molecular complexity index is 785. The quantitative estimate of drug-likeness (QED) is 0.154. The van der Waals surface area contributed by atoms with Crippen molar-refractivity contribution in [2.45, 2.75) is 16.9 Å². The Morgan fingerprint density at radius 3 is 1.46 bits per heavy atom. The summed E-state index contributed by atoms with van der Waals surface area (Å²) in [5.41, 5.74) is -1.80. The number of non-ortho nitro benzene ring substituents is 1. The molecule has 0 radical (unpaired) electrons. The zero-order valence-electron chi connectivity index (χ0n) is 14.0. The van der Waals surface area contributed by atoms with E-state index >= 15 is 0 Å². The summed E-state index contributed by atoms with van der Waals surface area (Å²) in [7, 11) is 0. The van der Waals surface area contributed by atoms with Crippen molar-refractivity contribution in [3.05, 3.63) is 39.9 Å². The van der Waals surface area contributed by atoms with Crippen LogP contribution in [0.3, 0.4) is 0 Å². The first kappa shape index (κ1) is 19.9. The lowest BCUT2D eigenvalue weighted by Gasteiger charge is -2.37. The third-order valence-electron chi connectivity index (χ3n) is 4.45. The topological polar surface area (TPSA) is 160 Å². The molecule has 4 amide bonds. The molecule has 3 rings (SSSR count). The molecule has 2 aliphatic heterocycles. The van der Waals surface area contributed by atoms with Crippen molar-refractivity contribution in [1.29, 1.82) is 0 Å². The van der Waals surface area contributed by atoms with Gasteiger partial charge in [0.15, 0.2) is 0 Å². The molecule has 2 saturated heterocycles. The second-order valence-corrected chi connectivity index (χ2v) is 7.20. The third kappa shape index (κ3) is 3.75. The van der Waals surface area contributed by atoms with Crippen LogP contribution in [-0.4, -0.2) is 39.5 Å². The molecule has 2 heterocycles. The molecule has 28 heavy (non-hydrogen) atoms. The molecule has 0 bridgehead atoms. The second-order valence-electron chi connectivity index (χ2n) is 6.17. The zero-order chi connectivity index (χ0) is 20.6. The van der Waals surface area contributed by atoms with Crippen LogP contribution in [0.1, 0.15) is 11.5 Å². The van der Waals surface area contributed by atoms with Crippen LogP contribution in [0, 0.1) is 22.0 Å². The summed E-state index contributed by atoms with van der Waals surface area (Å²) in [4.78, 5) is 60.4. The van der Waals surface area contributed by atoms with Crippen molar-refractivity contribution < 1.29 is 24.1 Å². The summed E-state index contributed by atoms with van der Waals surface area (Å²) in [6, 6.07) is 4.96. The van der Waals surface area contributed by atoms with Crippen LogP contribution in [0.4, 0.5) is 5.69 Å². The van der Waals surface area contributed by atoms with Gasteiger partial charge in [-0.05, 0) is 5.56 Å². The number of rotatable bonds is 4. The molecule has 0 atom stereocenters. The van der Waals surface area contributed by atoms with Gasteiger partial charge in [0.05, 0.1) is 4.92 Å². The van der Waals surface area contributed by atoms with Crippen LogP contribution >= 0.6 is 25.3 Å². The largest absolute Gasteiger partial charge is 0.327 e. The first-order valence-corrected chi connectivity index (χ1v) is 9.04. The van der Waals surface area contributed by atoms with Gasteiger partial charge in [-0.1, -0.05) is 12.1 Å². The van der Waals surface area contributed by atoms with Gasteiger partial charge in [0.25, 0.3) is 5.69 Å². The van der Waals surface area contributed by atoms with Gasteiger partial charge in [-0.25, -0.2) is 0 Å². The molecule has 148 valence electrons. The normalized spacial score (nSPS) is 28.5. The molecule has 0 spiro atoms. The maximum Gasteiger partial charge on any atom is 0.269 e. The number of hydrogen-bond acceptors (Lipinski definition) is 8. The molecule has 1 aromatic carbocycles. The summed E-state index contributed by atoms with van der Waals surface area (Å²) in [5, 5.41) is 20.6. The molecule has 1 aromatic rings. The molecule has 11 nitrogen and oxygen atoms in total. The standard InChI is InChI=1S/C15H15N5O6S2/c21-10-8(11(22)17-14(27)16-10)7(5-1-3-6(4-2-5)20(25)26)9-12(23)18-15(28)19-13(9)24/h1-4,7-9,14-15,27-28H,(H,16,21)(H,17,22)(H,18,23)(H,19,24). The first-order chi connectivity index (χ1) is 13.2. The molecule has 2 fully saturated rings. The minimum absolute atomic E-state index is 0.219. The van der Waals surface area contributed by atoms with Gasteiger partial charge in [0.2, 0.25) is 23.6 Å². The highest BCUT2D eigenvalue weighted by molar-refractivity contribution is 7.81. The Labute approximate surface area is 169 Å². The van der Waals surface area contributed by atoms with Gasteiger partial charge < -0.3 is 21.3 Å². The Morgan fingerprint density at radius 2 is 1.14 bits per heavy atom. The Morgan fingerprint density at radius 1 is 0.786 bits per heavy atom. The van der Waals surface area contributed by atoms with E-state index < -0.39 is 57.3 Å². The number of benzene rings is 1. The number of amides is 4. The van der Waals surface area contributed by atoms with Crippen LogP contribution in [0.2, 0.25) is 0 Å². The van der Waals surface area contributed by atoms with Gasteiger partial charge in [-0.15, -0.1) is 25.3 Å². The number of thiol groups is 2. The van der Waals surface area contributed by atoms with Crippen molar-refractivity contribution in [3.63, 3.8) is 0 Å². The van der Waals surface area contributed by atoms with Gasteiger partial charge in [0, 0.05) is 18.1 Å². The summed E-state index contributed by atoms with van der Waals surface area (Å²) in [6.45, 7) is 0. The van der Waals surface area contributed by atoms with Crippen LogP contribution in [0.25, 0.3) is 0 Å². The Balaban J connectivity index is 2.07. The number of nitrogens with one attached hydrogen (secondary N) is 4. The molecule has 0 aliphatic carbocycles. The lowest BCUT2D eigenvalue weighted by Crippen LogP contribution is -2.63. The molecule has 2 aliphatic rings. The predicted octanol–water partition coefficient (Wildman–Crippen LogP) is -1.17. The second kappa shape index (κ2) is 7.67. The summed E-state index contributed by atoms with van der Waals surface area (Å²) in [5.74, 6) is -6.95. The van der Waals surface area contributed by atoms with Crippen LogP contribution in [0.5, 0.6) is 0 Å². The number of hydrogen-bond donors (Lipinski definition) is 6. The number of nitro groups is 1. The smallest absolute Gasteiger partial charge is 0.269 e. The lowest BCUT2D eigenvalue weighted by molar-refractivity contribution is -0.384. The van der Waals surface area contributed by atoms with E-state index in [4.69, 9.17) is 0 Å². The monoisotopic (exact) mass is 425 g/mol. The van der Waals surface area contributed by atoms with Crippen molar-refractivity contribution in [2.75, 3.05) is 0 Å². The van der Waals surface area contributed by atoms with Gasteiger partial charge in [0.1, 0.15) is 22.8 Å². The summed E-state index contributed by atoms with van der Waals surface area (Å²) in [6.07, 6.45) is 0. The Hall–Kier alpha value is -2.80. The first-order valence-electron chi connectivity index (χ1n) is 8.01. The highest BCUT2D eigenvalue weighted by Crippen LogP contribution is 2.36. The predicted molar refractivity (Wildman–Crippen MR) is 101 cm³/mol. The average Bonchev–Trinajstić information content (AvgIpc) is 2.58. The number of carbonyl (C=O) groups excluding carboxylic acids is 4. The number of nitrogens with zero attached hydrogens (tertiary/aromatic N) is 1. The third-order valence-corrected chi connectivity index (χ3v) is 4.97. The lowest BCUT2D eigenvalue weighted by atomic mass is 9.74. The molecule has 13 heteroatoms. The van der Waals surface area contributed by atoms with Crippen molar-refractivity contribution >= 4 is 54.6 Å². The van der Waals surface area contributed by atoms with Crippen molar-refractivity contribution in [3.8, 4) is 0 Å². The molecule has 0 unspecified atom stereocenters. The number of carbonyl (C=O) groups is 4. The van der Waals surface area contributed by atoms with Crippen molar-refractivity contribution in [2.24, 2.45) is 11.8 Å². The van der Waals surface area contributed by atoms with E-state index in [2.05, 4.69) is 46.5 Å². The summed E-state index contributed by atoms with van der Waals surface area (Å²) >= 11 is 7.96. The maximum absolute atomic E-state index is 12.5. The minimum atomic E-state index is -1.43. The van der Waals surface area contributed by atoms with Crippen LogP contribution < -0.4 is 21.3 Å². The molecular formula is C15H15N5O6S2. The molecule has 0 saturated carbocycles. The highest BCUT2D eigenvalue weighted by Gasteiger charge is 2.50. The van der Waals surface area contributed by atoms with Crippen LogP contribution in [0.15, 0.2) is 24.3 Å². The Kier molecular flexibility index (Phi) is 5.47. The van der Waals surface area contributed by atoms with Crippen molar-refractivity contribution in [1.82, 2.24) is 21.3 Å². The fourth-order valence-corrected chi connectivity index (χ4v) is 3.77. The number of nitro benzene ring substituents is 1. The van der Waals surface area contributed by atoms with E-state index in [1.165, 1.54) is 24.3 Å². The fourth-order valence-electron chi connectivity index (χ4n) is 3.26. The highest BCUT2D eigenvalue weighted by atomic mass is 32.1. The fraction of sp³-hybridized carbons (Fsp3) is 0.333. The van der Waals surface area contributed by atoms with E-state index in [1.54, 1.807) is 0 Å². The van der Waals surface area contributed by atoms with E-state index in [-0.39, 0.29) is 11.3 Å². The zero-order valence-corrected chi connectivity index (χ0v) is 15.8. The van der Waals surface area contributed by atoms with E-state index in [9.17, 15) is 29.3 Å². The van der Waals surface area contributed by atoms with E-state index in [0.29, 0.717) is 0 Å². The van der Waals surface area contributed by atoms with E-state index in [0.717, 1.165) is 0 Å². The van der Waals surface area contributed by atoms with Crippen LogP contribution in [-0.2, 0) is 19.2 Å². The van der Waals surface area contributed by atoms with Gasteiger partial charge in [-0.3, -0.25) is 29.3 Å². The summed E-state index contributed by atoms with van der Waals surface area (Å²) < 4.78 is 0. The van der Waals surface area contributed by atoms with E-state index in [1.807, 2.05) is 0 Å². The SMILES string of the molecule is O=C1NC(S)NC(=O)C1C(c1ccc([N+](=O)[O-])cc1)C1C(=O)NC(S)NC1=O.